The molecule has 2 aromatic rings. The number of nitrogens with one attached hydrogen (secondary N) is 2. The number of nitrogens with zero attached hydrogens (tertiary/aromatic N) is 2. The minimum absolute atomic E-state index is 0.0548. The fraction of sp³-hybridized carbons (Fsp3) is 0.364. The van der Waals surface area contributed by atoms with Crippen LogP contribution in [-0.4, -0.2) is 48.4 Å². The standard InChI is InChI=1S/C22H26N4O5/c1-15-7-8-17(26(29)30)13-19(15)23-21(27)14-25-11-9-16(10-12-25)22(28)24-18-5-3-4-6-20(18)31-2/h3-8,13,16H,9-12,14H2,1-2H3,(H,23,27)(H,24,28). The van der Waals surface area contributed by atoms with E-state index in [1.165, 1.54) is 12.1 Å². The molecule has 0 aliphatic carbocycles. The summed E-state index contributed by atoms with van der Waals surface area (Å²) in [6.07, 6.45) is 1.29. The van der Waals surface area contributed by atoms with Crippen LogP contribution >= 0.6 is 0 Å². The molecule has 1 heterocycles. The Morgan fingerprint density at radius 1 is 1.13 bits per heavy atom. The summed E-state index contributed by atoms with van der Waals surface area (Å²) in [7, 11) is 1.56. The molecule has 9 heteroatoms. The molecule has 1 aliphatic heterocycles. The van der Waals surface area contributed by atoms with Crippen LogP contribution in [0.2, 0.25) is 0 Å². The lowest BCUT2D eigenvalue weighted by Crippen LogP contribution is -2.41. The first-order valence-electron chi connectivity index (χ1n) is 10.1. The van der Waals surface area contributed by atoms with Crippen molar-refractivity contribution in [2.45, 2.75) is 19.8 Å². The van der Waals surface area contributed by atoms with Crippen molar-refractivity contribution in [1.82, 2.24) is 4.90 Å². The summed E-state index contributed by atoms with van der Waals surface area (Å²) < 4.78 is 5.27. The highest BCUT2D eigenvalue weighted by atomic mass is 16.6. The van der Waals surface area contributed by atoms with Crippen molar-refractivity contribution in [3.8, 4) is 5.75 Å². The van der Waals surface area contributed by atoms with E-state index in [9.17, 15) is 19.7 Å². The van der Waals surface area contributed by atoms with Gasteiger partial charge < -0.3 is 15.4 Å². The molecule has 0 unspecified atom stereocenters. The second-order valence-corrected chi connectivity index (χ2v) is 7.54. The molecule has 2 amide bonds. The number of rotatable bonds is 7. The molecule has 0 bridgehead atoms. The van der Waals surface area contributed by atoms with Crippen molar-refractivity contribution < 1.29 is 19.2 Å². The third-order valence-corrected chi connectivity index (χ3v) is 5.40. The highest BCUT2D eigenvalue weighted by Gasteiger charge is 2.26. The molecule has 3 rings (SSSR count). The van der Waals surface area contributed by atoms with E-state index < -0.39 is 4.92 Å². The summed E-state index contributed by atoms with van der Waals surface area (Å²) >= 11 is 0. The first-order valence-corrected chi connectivity index (χ1v) is 10.1. The summed E-state index contributed by atoms with van der Waals surface area (Å²) in [5.41, 5.74) is 1.77. The van der Waals surface area contributed by atoms with Crippen molar-refractivity contribution in [2.75, 3.05) is 37.4 Å². The number of para-hydroxylation sites is 2. The van der Waals surface area contributed by atoms with Crippen LogP contribution in [0, 0.1) is 23.0 Å². The number of amides is 2. The number of carbonyl (C=O) groups is 2. The van der Waals surface area contributed by atoms with Gasteiger partial charge in [0.2, 0.25) is 11.8 Å². The normalized spacial score (nSPS) is 14.6. The van der Waals surface area contributed by atoms with Crippen molar-refractivity contribution >= 4 is 28.9 Å². The summed E-state index contributed by atoms with van der Waals surface area (Å²) in [6, 6.07) is 11.6. The molecule has 0 saturated carbocycles. The Labute approximate surface area is 180 Å². The maximum atomic E-state index is 12.6. The zero-order valence-corrected chi connectivity index (χ0v) is 17.6. The van der Waals surface area contributed by atoms with Crippen LogP contribution in [0.5, 0.6) is 5.75 Å². The highest BCUT2D eigenvalue weighted by molar-refractivity contribution is 5.94. The number of anilines is 2. The SMILES string of the molecule is COc1ccccc1NC(=O)C1CCN(CC(=O)Nc2cc([N+](=O)[O-])ccc2C)CC1. The van der Waals surface area contributed by atoms with Gasteiger partial charge in [0.05, 0.1) is 30.0 Å². The van der Waals surface area contributed by atoms with Gasteiger partial charge in [-0.05, 0) is 50.6 Å². The second-order valence-electron chi connectivity index (χ2n) is 7.54. The van der Waals surface area contributed by atoms with Crippen LogP contribution in [0.1, 0.15) is 18.4 Å². The number of hydrogen-bond acceptors (Lipinski definition) is 6. The van der Waals surface area contributed by atoms with Gasteiger partial charge >= 0.3 is 0 Å². The minimum Gasteiger partial charge on any atom is -0.495 e. The number of ether oxygens (including phenoxy) is 1. The van der Waals surface area contributed by atoms with Gasteiger partial charge in [0.15, 0.2) is 0 Å². The molecule has 1 aliphatic rings. The number of nitro groups is 1. The van der Waals surface area contributed by atoms with Crippen molar-refractivity contribution in [1.29, 1.82) is 0 Å². The van der Waals surface area contributed by atoms with E-state index in [-0.39, 0.29) is 30.0 Å². The van der Waals surface area contributed by atoms with E-state index in [0.29, 0.717) is 43.1 Å². The van der Waals surface area contributed by atoms with E-state index in [1.54, 1.807) is 32.2 Å². The number of aryl methyl sites for hydroxylation is 1. The summed E-state index contributed by atoms with van der Waals surface area (Å²) in [4.78, 5) is 37.5. The Bertz CT molecular complexity index is 970. The Morgan fingerprint density at radius 3 is 2.52 bits per heavy atom. The molecule has 0 radical (unpaired) electrons. The summed E-state index contributed by atoms with van der Waals surface area (Å²) in [6.45, 7) is 3.19. The van der Waals surface area contributed by atoms with Gasteiger partial charge in [0.1, 0.15) is 5.75 Å². The molecule has 0 spiro atoms. The molecule has 0 atom stereocenters. The number of non-ortho nitro benzene ring substituents is 1. The van der Waals surface area contributed by atoms with E-state index in [2.05, 4.69) is 10.6 Å². The zero-order chi connectivity index (χ0) is 22.4. The lowest BCUT2D eigenvalue weighted by molar-refractivity contribution is -0.384. The fourth-order valence-corrected chi connectivity index (χ4v) is 3.59. The van der Waals surface area contributed by atoms with Crippen molar-refractivity contribution in [2.24, 2.45) is 5.92 Å². The Kier molecular flexibility index (Phi) is 7.19. The smallest absolute Gasteiger partial charge is 0.271 e. The van der Waals surface area contributed by atoms with Crippen molar-refractivity contribution in [3.05, 3.63) is 58.1 Å². The third-order valence-electron chi connectivity index (χ3n) is 5.40. The predicted molar refractivity (Wildman–Crippen MR) is 117 cm³/mol. The van der Waals surface area contributed by atoms with Gasteiger partial charge in [-0.1, -0.05) is 18.2 Å². The molecule has 2 aromatic carbocycles. The number of methoxy groups -OCH3 is 1. The van der Waals surface area contributed by atoms with E-state index in [4.69, 9.17) is 4.74 Å². The zero-order valence-electron chi connectivity index (χ0n) is 17.6. The van der Waals surface area contributed by atoms with Crippen molar-refractivity contribution in [3.63, 3.8) is 0 Å². The van der Waals surface area contributed by atoms with Gasteiger partial charge in [0, 0.05) is 18.1 Å². The average molecular weight is 426 g/mol. The average Bonchev–Trinajstić information content (AvgIpc) is 2.76. The van der Waals surface area contributed by atoms with Gasteiger partial charge in [-0.25, -0.2) is 0 Å². The topological polar surface area (TPSA) is 114 Å². The Hall–Kier alpha value is -3.46. The molecular formula is C22H26N4O5. The van der Waals surface area contributed by atoms with Gasteiger partial charge in [-0.2, -0.15) is 0 Å². The maximum absolute atomic E-state index is 12.6. The Morgan fingerprint density at radius 2 is 1.84 bits per heavy atom. The lowest BCUT2D eigenvalue weighted by atomic mass is 9.95. The first-order chi connectivity index (χ1) is 14.9. The van der Waals surface area contributed by atoms with Crippen LogP contribution in [0.4, 0.5) is 17.1 Å². The van der Waals surface area contributed by atoms with E-state index >= 15 is 0 Å². The number of carbonyl (C=O) groups excluding carboxylic acids is 2. The largest absolute Gasteiger partial charge is 0.495 e. The quantitative estimate of drug-likeness (QED) is 0.519. The van der Waals surface area contributed by atoms with Gasteiger partial charge in [-0.15, -0.1) is 0 Å². The monoisotopic (exact) mass is 426 g/mol. The fourth-order valence-electron chi connectivity index (χ4n) is 3.59. The number of hydrogen-bond donors (Lipinski definition) is 2. The first kappa shape index (κ1) is 22.2. The van der Waals surface area contributed by atoms with Gasteiger partial charge in [-0.3, -0.25) is 24.6 Å². The molecule has 2 N–H and O–H groups in total. The number of nitro benzene ring substituents is 1. The number of benzene rings is 2. The van der Waals surface area contributed by atoms with Crippen LogP contribution in [0.25, 0.3) is 0 Å². The number of piperidine rings is 1. The lowest BCUT2D eigenvalue weighted by Gasteiger charge is -2.30. The molecule has 164 valence electrons. The molecule has 1 saturated heterocycles. The highest BCUT2D eigenvalue weighted by Crippen LogP contribution is 2.26. The second kappa shape index (κ2) is 10.0. The molecular weight excluding hydrogens is 400 g/mol. The molecule has 0 aromatic heterocycles. The summed E-state index contributed by atoms with van der Waals surface area (Å²) in [5.74, 6) is 0.186. The van der Waals surface area contributed by atoms with Crippen LogP contribution < -0.4 is 15.4 Å². The van der Waals surface area contributed by atoms with E-state index in [1.807, 2.05) is 17.0 Å². The third kappa shape index (κ3) is 5.79. The molecule has 9 nitrogen and oxygen atoms in total. The molecule has 31 heavy (non-hydrogen) atoms. The van der Waals surface area contributed by atoms with Crippen LogP contribution in [0.3, 0.4) is 0 Å². The van der Waals surface area contributed by atoms with Crippen LogP contribution in [0.15, 0.2) is 42.5 Å². The van der Waals surface area contributed by atoms with Crippen LogP contribution in [-0.2, 0) is 9.59 Å². The molecule has 1 fully saturated rings. The maximum Gasteiger partial charge on any atom is 0.271 e. The Balaban J connectivity index is 1.50. The minimum atomic E-state index is -0.490. The number of likely N-dealkylation sites (tertiary alicyclic amines) is 1. The van der Waals surface area contributed by atoms with Gasteiger partial charge in [0.25, 0.3) is 5.69 Å². The van der Waals surface area contributed by atoms with E-state index in [0.717, 1.165) is 5.56 Å². The summed E-state index contributed by atoms with van der Waals surface area (Å²) in [5, 5.41) is 16.6. The predicted octanol–water partition coefficient (Wildman–Crippen LogP) is 3.20.